The Kier molecular flexibility index (Phi) is 2.22. The fourth-order valence-electron chi connectivity index (χ4n) is 2.42. The molecule has 0 aliphatic heterocycles. The molecule has 2 aliphatic carbocycles. The maximum atomic E-state index is 11.3. The zero-order chi connectivity index (χ0) is 13.6. The van der Waals surface area contributed by atoms with Gasteiger partial charge in [-0.25, -0.2) is 0 Å². The maximum absolute atomic E-state index is 11.3. The minimum atomic E-state index is -1.98. The highest BCUT2D eigenvalue weighted by molar-refractivity contribution is 6.09. The van der Waals surface area contributed by atoms with E-state index in [2.05, 4.69) is 0 Å². The van der Waals surface area contributed by atoms with E-state index in [1.165, 1.54) is 12.2 Å². The quantitative estimate of drug-likeness (QED) is 0.793. The molecular formula is C15H10O4. The largest absolute Gasteiger partial charge is 0.480 e. The standard InChI is InChI=1S/C15H10O4/c16-13(17)15(14(18)19)6-5-10-7-9-3-1-2-4-11(9)12(10)8-15/h1-8H,(H,16,17)(H,18,19). The average Bonchev–Trinajstić information content (AvgIpc) is 2.75. The van der Waals surface area contributed by atoms with Gasteiger partial charge in [0, 0.05) is 0 Å². The van der Waals surface area contributed by atoms with E-state index in [-0.39, 0.29) is 0 Å². The van der Waals surface area contributed by atoms with Crippen LogP contribution in [0.5, 0.6) is 0 Å². The topological polar surface area (TPSA) is 74.6 Å². The maximum Gasteiger partial charge on any atom is 0.329 e. The van der Waals surface area contributed by atoms with Crippen LogP contribution in [-0.4, -0.2) is 22.2 Å². The molecule has 0 unspecified atom stereocenters. The molecule has 1 aromatic rings. The number of benzene rings is 1. The second kappa shape index (κ2) is 3.68. The molecule has 0 atom stereocenters. The molecule has 0 saturated heterocycles. The lowest BCUT2D eigenvalue weighted by molar-refractivity contribution is -0.157. The second-order valence-electron chi connectivity index (χ2n) is 4.56. The molecule has 0 aromatic heterocycles. The first-order valence-electron chi connectivity index (χ1n) is 5.75. The van der Waals surface area contributed by atoms with E-state index in [1.54, 1.807) is 6.08 Å². The van der Waals surface area contributed by atoms with Crippen LogP contribution in [0.2, 0.25) is 0 Å². The number of allylic oxidation sites excluding steroid dienone is 3. The summed E-state index contributed by atoms with van der Waals surface area (Å²) < 4.78 is 0. The van der Waals surface area contributed by atoms with Gasteiger partial charge >= 0.3 is 11.9 Å². The number of carboxylic acids is 2. The first kappa shape index (κ1) is 11.5. The van der Waals surface area contributed by atoms with Crippen LogP contribution in [0, 0.1) is 5.41 Å². The van der Waals surface area contributed by atoms with Crippen molar-refractivity contribution in [3.05, 3.63) is 59.2 Å². The Morgan fingerprint density at radius 3 is 2.42 bits per heavy atom. The van der Waals surface area contributed by atoms with Crippen LogP contribution >= 0.6 is 0 Å². The molecule has 2 N–H and O–H groups in total. The summed E-state index contributed by atoms with van der Waals surface area (Å²) >= 11 is 0. The molecule has 0 fully saturated rings. The summed E-state index contributed by atoms with van der Waals surface area (Å²) in [4.78, 5) is 22.6. The van der Waals surface area contributed by atoms with Crippen molar-refractivity contribution in [2.45, 2.75) is 0 Å². The number of fused-ring (bicyclic) bond motifs is 3. The summed E-state index contributed by atoms with van der Waals surface area (Å²) in [6, 6.07) is 7.51. The zero-order valence-corrected chi connectivity index (χ0v) is 9.83. The van der Waals surface area contributed by atoms with Crippen molar-refractivity contribution in [3.63, 3.8) is 0 Å². The van der Waals surface area contributed by atoms with Crippen molar-refractivity contribution < 1.29 is 19.8 Å². The number of rotatable bonds is 2. The molecule has 4 heteroatoms. The molecule has 0 saturated carbocycles. The van der Waals surface area contributed by atoms with Gasteiger partial charge in [-0.1, -0.05) is 36.4 Å². The number of aliphatic carboxylic acids is 2. The van der Waals surface area contributed by atoms with Crippen molar-refractivity contribution in [2.24, 2.45) is 5.41 Å². The third kappa shape index (κ3) is 1.46. The van der Waals surface area contributed by atoms with E-state index in [1.807, 2.05) is 30.3 Å². The number of hydrogen-bond donors (Lipinski definition) is 2. The van der Waals surface area contributed by atoms with Crippen LogP contribution in [0.1, 0.15) is 11.1 Å². The summed E-state index contributed by atoms with van der Waals surface area (Å²) in [6.07, 6.45) is 6.02. The number of carboxylic acid groups (broad SMARTS) is 2. The molecular weight excluding hydrogens is 244 g/mol. The normalized spacial score (nSPS) is 18.1. The summed E-state index contributed by atoms with van der Waals surface area (Å²) in [5.74, 6) is -2.76. The van der Waals surface area contributed by atoms with E-state index in [0.717, 1.165) is 16.7 Å². The summed E-state index contributed by atoms with van der Waals surface area (Å²) in [5.41, 5.74) is 1.38. The predicted octanol–water partition coefficient (Wildman–Crippen LogP) is 2.19. The fraction of sp³-hybridized carbons (Fsp3) is 0.0667. The molecule has 2 aliphatic rings. The van der Waals surface area contributed by atoms with Crippen molar-refractivity contribution in [3.8, 4) is 0 Å². The monoisotopic (exact) mass is 254 g/mol. The molecule has 0 radical (unpaired) electrons. The smallest absolute Gasteiger partial charge is 0.329 e. The summed E-state index contributed by atoms with van der Waals surface area (Å²) in [6.45, 7) is 0. The Balaban J connectivity index is 2.22. The highest BCUT2D eigenvalue weighted by Crippen LogP contribution is 2.43. The first-order chi connectivity index (χ1) is 9.04. The highest BCUT2D eigenvalue weighted by atomic mass is 16.4. The fourth-order valence-corrected chi connectivity index (χ4v) is 2.42. The van der Waals surface area contributed by atoms with E-state index < -0.39 is 17.4 Å². The van der Waals surface area contributed by atoms with E-state index in [9.17, 15) is 19.8 Å². The van der Waals surface area contributed by atoms with Crippen molar-refractivity contribution >= 4 is 23.6 Å². The molecule has 1 aromatic carbocycles. The van der Waals surface area contributed by atoms with Crippen molar-refractivity contribution in [1.82, 2.24) is 0 Å². The van der Waals surface area contributed by atoms with Crippen LogP contribution < -0.4 is 0 Å². The molecule has 94 valence electrons. The molecule has 4 nitrogen and oxygen atoms in total. The number of hydrogen-bond acceptors (Lipinski definition) is 2. The average molecular weight is 254 g/mol. The molecule has 0 amide bonds. The lowest BCUT2D eigenvalue weighted by Gasteiger charge is -2.22. The molecule has 0 bridgehead atoms. The van der Waals surface area contributed by atoms with Gasteiger partial charge in [0.15, 0.2) is 0 Å². The van der Waals surface area contributed by atoms with Gasteiger partial charge in [-0.3, -0.25) is 9.59 Å². The highest BCUT2D eigenvalue weighted by Gasteiger charge is 2.45. The van der Waals surface area contributed by atoms with Crippen molar-refractivity contribution in [2.75, 3.05) is 0 Å². The van der Waals surface area contributed by atoms with Gasteiger partial charge in [-0.05, 0) is 34.4 Å². The molecule has 0 heterocycles. The Morgan fingerprint density at radius 2 is 1.74 bits per heavy atom. The number of carbonyl (C=O) groups is 2. The Morgan fingerprint density at radius 1 is 1.05 bits per heavy atom. The van der Waals surface area contributed by atoms with Gasteiger partial charge in [0.1, 0.15) is 0 Å². The van der Waals surface area contributed by atoms with E-state index in [4.69, 9.17) is 0 Å². The Hall–Kier alpha value is -2.62. The van der Waals surface area contributed by atoms with Crippen LogP contribution in [0.25, 0.3) is 11.6 Å². The second-order valence-corrected chi connectivity index (χ2v) is 4.56. The van der Waals surface area contributed by atoms with Crippen LogP contribution in [0.3, 0.4) is 0 Å². The van der Waals surface area contributed by atoms with E-state index >= 15 is 0 Å². The van der Waals surface area contributed by atoms with Gasteiger partial charge in [-0.15, -0.1) is 0 Å². The molecule has 0 spiro atoms. The van der Waals surface area contributed by atoms with Gasteiger partial charge in [0.25, 0.3) is 0 Å². The predicted molar refractivity (Wildman–Crippen MR) is 69.2 cm³/mol. The minimum Gasteiger partial charge on any atom is -0.480 e. The lowest BCUT2D eigenvalue weighted by Crippen LogP contribution is -2.36. The van der Waals surface area contributed by atoms with Crippen LogP contribution in [0.4, 0.5) is 0 Å². The minimum absolute atomic E-state index is 0.669. The van der Waals surface area contributed by atoms with E-state index in [0.29, 0.717) is 5.57 Å². The third-order valence-electron chi connectivity index (χ3n) is 3.48. The Labute approximate surface area is 109 Å². The summed E-state index contributed by atoms with van der Waals surface area (Å²) in [5, 5.41) is 18.5. The lowest BCUT2D eigenvalue weighted by atomic mass is 9.79. The molecule has 3 rings (SSSR count). The van der Waals surface area contributed by atoms with Crippen LogP contribution in [0.15, 0.2) is 48.1 Å². The summed E-state index contributed by atoms with van der Waals surface area (Å²) in [7, 11) is 0. The van der Waals surface area contributed by atoms with Gasteiger partial charge < -0.3 is 10.2 Å². The molecule has 19 heavy (non-hydrogen) atoms. The third-order valence-corrected chi connectivity index (χ3v) is 3.48. The van der Waals surface area contributed by atoms with Crippen molar-refractivity contribution in [1.29, 1.82) is 0 Å². The first-order valence-corrected chi connectivity index (χ1v) is 5.75. The van der Waals surface area contributed by atoms with Crippen LogP contribution in [-0.2, 0) is 9.59 Å². The SMILES string of the molecule is O=C(O)C1(C(=O)O)C=CC2=Cc3ccccc3C2=C1. The van der Waals surface area contributed by atoms with Gasteiger partial charge in [-0.2, -0.15) is 0 Å². The zero-order valence-electron chi connectivity index (χ0n) is 9.83. The van der Waals surface area contributed by atoms with Gasteiger partial charge in [0.05, 0.1) is 0 Å². The Bertz CT molecular complexity index is 678. The van der Waals surface area contributed by atoms with Gasteiger partial charge in [0.2, 0.25) is 5.41 Å².